The lowest BCUT2D eigenvalue weighted by atomic mass is 10.4. The van der Waals surface area contributed by atoms with Crippen molar-refractivity contribution < 1.29 is 19.2 Å². The minimum Gasteiger partial charge on any atom is -0.341 e. The highest BCUT2D eigenvalue weighted by molar-refractivity contribution is 6.10. The third-order valence-corrected chi connectivity index (χ3v) is 4.61. The van der Waals surface area contributed by atoms with Crippen molar-refractivity contribution in [2.75, 3.05) is 27.2 Å². The van der Waals surface area contributed by atoms with Crippen molar-refractivity contribution in [2.24, 2.45) is 15.7 Å². The highest BCUT2D eigenvalue weighted by Crippen LogP contribution is 2.26. The van der Waals surface area contributed by atoms with Gasteiger partial charge in [0.05, 0.1) is 0 Å². The smallest absolute Gasteiger partial charge is 0.321 e. The van der Waals surface area contributed by atoms with E-state index in [0.29, 0.717) is 25.9 Å². The van der Waals surface area contributed by atoms with Gasteiger partial charge in [-0.3, -0.25) is 30.9 Å². The van der Waals surface area contributed by atoms with E-state index in [2.05, 4.69) is 31.3 Å². The fourth-order valence-electron chi connectivity index (χ4n) is 3.21. The summed E-state index contributed by atoms with van der Waals surface area (Å²) < 4.78 is 0. The molecule has 3 heterocycles. The van der Waals surface area contributed by atoms with Gasteiger partial charge in [0.15, 0.2) is 0 Å². The number of likely N-dealkylation sites (tertiary alicyclic amines) is 1. The number of rotatable bonds is 2. The Bertz CT molecular complexity index is 758. The molecule has 0 radical (unpaired) electrons. The van der Waals surface area contributed by atoms with Crippen molar-refractivity contribution in [3.8, 4) is 0 Å². The zero-order valence-corrected chi connectivity index (χ0v) is 16.2. The SMILES string of the molecule is CNC(=O)NC1=NC(N)(N2CCCC2=O)N=C(NC(=O)NC)N1N1CCCC1=O. The van der Waals surface area contributed by atoms with Crippen molar-refractivity contribution >= 4 is 35.8 Å². The van der Waals surface area contributed by atoms with Crippen LogP contribution in [0.3, 0.4) is 0 Å². The maximum absolute atomic E-state index is 12.4. The van der Waals surface area contributed by atoms with Crippen molar-refractivity contribution in [3.63, 3.8) is 0 Å². The number of hydrazine groups is 1. The Labute approximate surface area is 166 Å². The zero-order chi connectivity index (χ0) is 21.2. The highest BCUT2D eigenvalue weighted by Gasteiger charge is 2.46. The van der Waals surface area contributed by atoms with E-state index in [0.717, 1.165) is 0 Å². The molecule has 14 nitrogen and oxygen atoms in total. The Hall–Kier alpha value is -3.42. The molecule has 0 aromatic rings. The third kappa shape index (κ3) is 3.91. The summed E-state index contributed by atoms with van der Waals surface area (Å²) in [6.07, 6.45) is 1.73. The first-order valence-corrected chi connectivity index (χ1v) is 9.16. The minimum atomic E-state index is -1.89. The molecule has 2 fully saturated rings. The molecule has 6 N–H and O–H groups in total. The number of aliphatic imine (C=N–C) groups is 2. The number of nitrogens with zero attached hydrogens (tertiary/aromatic N) is 5. The van der Waals surface area contributed by atoms with Crippen molar-refractivity contribution in [1.82, 2.24) is 36.2 Å². The topological polar surface area (TPSA) is 177 Å². The van der Waals surface area contributed by atoms with Gasteiger partial charge in [-0.05, 0) is 12.8 Å². The van der Waals surface area contributed by atoms with Crippen LogP contribution in [0.25, 0.3) is 0 Å². The Kier molecular flexibility index (Phi) is 5.54. The van der Waals surface area contributed by atoms with Gasteiger partial charge in [0.2, 0.25) is 23.7 Å². The van der Waals surface area contributed by atoms with Crippen LogP contribution in [-0.4, -0.2) is 83.8 Å². The van der Waals surface area contributed by atoms with Gasteiger partial charge < -0.3 is 10.6 Å². The molecule has 0 unspecified atom stereocenters. The molecule has 0 aromatic heterocycles. The second-order valence-electron chi connectivity index (χ2n) is 6.55. The van der Waals surface area contributed by atoms with Gasteiger partial charge in [-0.15, -0.1) is 0 Å². The quantitative estimate of drug-likeness (QED) is 0.340. The van der Waals surface area contributed by atoms with E-state index in [1.165, 1.54) is 29.0 Å². The lowest BCUT2D eigenvalue weighted by Crippen LogP contribution is -2.68. The normalized spacial score (nSPS) is 21.0. The molecule has 0 atom stereocenters. The molecule has 29 heavy (non-hydrogen) atoms. The molecule has 6 amide bonds. The predicted molar refractivity (Wildman–Crippen MR) is 101 cm³/mol. The number of urea groups is 2. The summed E-state index contributed by atoms with van der Waals surface area (Å²) in [5, 5.41) is 12.2. The second kappa shape index (κ2) is 7.90. The molecule has 0 spiro atoms. The number of hydrogen-bond donors (Lipinski definition) is 5. The van der Waals surface area contributed by atoms with Crippen LogP contribution in [0.15, 0.2) is 9.98 Å². The van der Waals surface area contributed by atoms with Gasteiger partial charge in [0.25, 0.3) is 5.91 Å². The number of carbonyl (C=O) groups is 4. The fourth-order valence-corrected chi connectivity index (χ4v) is 3.21. The molecular formula is C15H24N10O4. The molecule has 2 saturated heterocycles. The van der Waals surface area contributed by atoms with Crippen LogP contribution in [0.2, 0.25) is 0 Å². The van der Waals surface area contributed by atoms with E-state index < -0.39 is 18.0 Å². The molecular weight excluding hydrogens is 384 g/mol. The summed E-state index contributed by atoms with van der Waals surface area (Å²) in [7, 11) is 2.81. The number of nitrogens with two attached hydrogens (primary N) is 1. The van der Waals surface area contributed by atoms with Gasteiger partial charge >= 0.3 is 12.1 Å². The molecule has 3 aliphatic heterocycles. The Balaban J connectivity index is 2.07. The van der Waals surface area contributed by atoms with Gasteiger partial charge in [-0.25, -0.2) is 14.6 Å². The summed E-state index contributed by atoms with van der Waals surface area (Å²) in [4.78, 5) is 58.5. The number of amides is 6. The van der Waals surface area contributed by atoms with Crippen LogP contribution in [0, 0.1) is 0 Å². The first-order valence-electron chi connectivity index (χ1n) is 9.16. The van der Waals surface area contributed by atoms with Crippen molar-refractivity contribution in [2.45, 2.75) is 31.6 Å². The van der Waals surface area contributed by atoms with Crippen LogP contribution in [0.1, 0.15) is 25.7 Å². The van der Waals surface area contributed by atoms with E-state index in [9.17, 15) is 19.2 Å². The number of nitrogens with one attached hydrogen (secondary N) is 4. The molecule has 0 aromatic carbocycles. The largest absolute Gasteiger partial charge is 0.341 e. The molecule has 0 bridgehead atoms. The van der Waals surface area contributed by atoms with E-state index >= 15 is 0 Å². The van der Waals surface area contributed by atoms with E-state index in [1.54, 1.807) is 0 Å². The van der Waals surface area contributed by atoms with Crippen LogP contribution in [-0.2, 0) is 9.59 Å². The van der Waals surface area contributed by atoms with Crippen molar-refractivity contribution in [1.29, 1.82) is 0 Å². The van der Waals surface area contributed by atoms with E-state index in [1.807, 2.05) is 0 Å². The summed E-state index contributed by atoms with van der Waals surface area (Å²) in [5.74, 6) is -2.69. The number of carbonyl (C=O) groups excluding carboxylic acids is 4. The Morgan fingerprint density at radius 1 is 0.931 bits per heavy atom. The average Bonchev–Trinajstić information content (AvgIpc) is 3.30. The third-order valence-electron chi connectivity index (χ3n) is 4.61. The summed E-state index contributed by atoms with van der Waals surface area (Å²) in [5.41, 5.74) is 6.32. The van der Waals surface area contributed by atoms with Crippen LogP contribution in [0.5, 0.6) is 0 Å². The first-order chi connectivity index (χ1) is 13.8. The van der Waals surface area contributed by atoms with Crippen LogP contribution < -0.4 is 27.0 Å². The van der Waals surface area contributed by atoms with Gasteiger partial charge in [-0.1, -0.05) is 0 Å². The lowest BCUT2D eigenvalue weighted by molar-refractivity contribution is -0.136. The standard InChI is InChI=1S/C15H24N10O4/c1-17-13(28)19-11-21-15(16,23-7-3-5-9(23)26)22-12(20-14(29)18-2)25(11)24-8-4-6-10(24)27/h3-8,16H2,1-2H3,(H2,17,19,21,28)(H2,18,20,22,29). The number of guanidine groups is 2. The van der Waals surface area contributed by atoms with Crippen LogP contribution >= 0.6 is 0 Å². The monoisotopic (exact) mass is 408 g/mol. The Morgan fingerprint density at radius 3 is 1.86 bits per heavy atom. The molecule has 0 aliphatic carbocycles. The number of hydrogen-bond acceptors (Lipinski definition) is 8. The van der Waals surface area contributed by atoms with Crippen LogP contribution in [0.4, 0.5) is 9.59 Å². The summed E-state index contributed by atoms with van der Waals surface area (Å²) in [6, 6.07) is -1.26. The second-order valence-corrected chi connectivity index (χ2v) is 6.55. The van der Waals surface area contributed by atoms with E-state index in [-0.39, 0.29) is 36.6 Å². The summed E-state index contributed by atoms with van der Waals surface area (Å²) >= 11 is 0. The molecule has 14 heteroatoms. The van der Waals surface area contributed by atoms with E-state index in [4.69, 9.17) is 5.73 Å². The summed E-state index contributed by atoms with van der Waals surface area (Å²) in [6.45, 7) is 0.632. The van der Waals surface area contributed by atoms with Gasteiger partial charge in [0, 0.05) is 40.0 Å². The maximum atomic E-state index is 12.4. The Morgan fingerprint density at radius 2 is 1.45 bits per heavy atom. The fraction of sp³-hybridized carbons (Fsp3) is 0.600. The van der Waals surface area contributed by atoms with Gasteiger partial charge in [-0.2, -0.15) is 15.0 Å². The molecule has 158 valence electrons. The molecule has 3 aliphatic rings. The maximum Gasteiger partial charge on any atom is 0.321 e. The predicted octanol–water partition coefficient (Wildman–Crippen LogP) is -2.40. The van der Waals surface area contributed by atoms with Crippen molar-refractivity contribution in [3.05, 3.63) is 0 Å². The zero-order valence-electron chi connectivity index (χ0n) is 16.2. The highest BCUT2D eigenvalue weighted by atomic mass is 16.2. The van der Waals surface area contributed by atoms with Gasteiger partial charge in [0.1, 0.15) is 0 Å². The molecule has 3 rings (SSSR count). The average molecular weight is 408 g/mol. The molecule has 0 saturated carbocycles. The lowest BCUT2D eigenvalue weighted by Gasteiger charge is -2.41. The minimum absolute atomic E-state index is 0.150. The first kappa shape index (κ1) is 20.3.